The Balaban J connectivity index is 1.99. The molecule has 3 rings (SSSR count). The number of rotatable bonds is 6. The molecule has 1 aromatic carbocycles. The summed E-state index contributed by atoms with van der Waals surface area (Å²) in [5.74, 6) is -0.540. The molecule has 0 aromatic heterocycles. The minimum Gasteiger partial charge on any atom is -0.396 e. The molecule has 146 valence electrons. The standard InChI is InChI=1S/C21H27FN2O3/c1-20-9-14(11-23)19(24-17-4-2-16(22)3-5-17)8-15(20)6-7-21(20,13-26)10-18(27)12-25/h2-5,8,11,14,18,23,25-27H,6-7,9-10,12-13H2,1H3. The summed E-state index contributed by atoms with van der Waals surface area (Å²) in [6.07, 6.45) is 4.93. The molecule has 0 amide bonds. The highest BCUT2D eigenvalue weighted by molar-refractivity contribution is 6.08. The summed E-state index contributed by atoms with van der Waals surface area (Å²) in [6, 6.07) is 5.95. The number of aliphatic imine (C=N–C) groups is 1. The topological polar surface area (TPSA) is 96.9 Å². The number of allylic oxidation sites excluding steroid dienone is 2. The molecule has 0 bridgehead atoms. The molecule has 1 aromatic rings. The van der Waals surface area contributed by atoms with E-state index in [0.29, 0.717) is 18.5 Å². The van der Waals surface area contributed by atoms with Crippen molar-refractivity contribution in [2.24, 2.45) is 21.7 Å². The third-order valence-corrected chi connectivity index (χ3v) is 6.51. The van der Waals surface area contributed by atoms with E-state index in [1.54, 1.807) is 12.1 Å². The van der Waals surface area contributed by atoms with E-state index < -0.39 is 11.5 Å². The van der Waals surface area contributed by atoms with Crippen molar-refractivity contribution in [1.29, 1.82) is 5.41 Å². The number of aliphatic hydroxyl groups is 3. The minimum atomic E-state index is -0.874. The average Bonchev–Trinajstić information content (AvgIpc) is 2.95. The van der Waals surface area contributed by atoms with E-state index in [2.05, 4.69) is 11.9 Å². The molecular weight excluding hydrogens is 347 g/mol. The Morgan fingerprint density at radius 1 is 1.33 bits per heavy atom. The Kier molecular flexibility index (Phi) is 5.60. The molecule has 1 saturated carbocycles. The normalized spacial score (nSPS) is 32.9. The highest BCUT2D eigenvalue weighted by atomic mass is 19.1. The number of hydrogen-bond donors (Lipinski definition) is 4. The highest BCUT2D eigenvalue weighted by Crippen LogP contribution is 2.62. The molecular formula is C21H27FN2O3. The van der Waals surface area contributed by atoms with E-state index >= 15 is 0 Å². The van der Waals surface area contributed by atoms with E-state index in [0.717, 1.165) is 24.1 Å². The van der Waals surface area contributed by atoms with Crippen molar-refractivity contribution in [3.05, 3.63) is 41.7 Å². The Morgan fingerprint density at radius 3 is 2.63 bits per heavy atom. The molecule has 4 N–H and O–H groups in total. The van der Waals surface area contributed by atoms with Gasteiger partial charge in [0.1, 0.15) is 5.82 Å². The fraction of sp³-hybridized carbons (Fsp3) is 0.524. The summed E-state index contributed by atoms with van der Waals surface area (Å²) in [5.41, 5.74) is 1.66. The number of fused-ring (bicyclic) bond motifs is 1. The average molecular weight is 374 g/mol. The van der Waals surface area contributed by atoms with Gasteiger partial charge in [-0.3, -0.25) is 4.99 Å². The highest BCUT2D eigenvalue weighted by Gasteiger charge is 2.56. The first-order valence-electron chi connectivity index (χ1n) is 9.33. The molecule has 4 unspecified atom stereocenters. The van der Waals surface area contributed by atoms with Gasteiger partial charge in [-0.25, -0.2) is 4.39 Å². The van der Waals surface area contributed by atoms with Crippen LogP contribution in [0.5, 0.6) is 0 Å². The van der Waals surface area contributed by atoms with Crippen molar-refractivity contribution < 1.29 is 19.7 Å². The summed E-state index contributed by atoms with van der Waals surface area (Å²) in [6.45, 7) is 1.67. The lowest BCUT2D eigenvalue weighted by Gasteiger charge is -2.47. The Morgan fingerprint density at radius 2 is 2.04 bits per heavy atom. The molecule has 6 heteroatoms. The minimum absolute atomic E-state index is 0.0763. The lowest BCUT2D eigenvalue weighted by Crippen LogP contribution is -2.46. The zero-order valence-electron chi connectivity index (χ0n) is 15.5. The van der Waals surface area contributed by atoms with Gasteiger partial charge in [0.2, 0.25) is 0 Å². The lowest BCUT2D eigenvalue weighted by molar-refractivity contribution is -0.0321. The van der Waals surface area contributed by atoms with Crippen LogP contribution in [-0.4, -0.2) is 46.6 Å². The molecule has 5 nitrogen and oxygen atoms in total. The zero-order valence-corrected chi connectivity index (χ0v) is 15.5. The summed E-state index contributed by atoms with van der Waals surface area (Å²) in [7, 11) is 0. The number of nitrogens with one attached hydrogen (secondary N) is 1. The molecule has 1 fully saturated rings. The van der Waals surface area contributed by atoms with Crippen LogP contribution in [0.1, 0.15) is 32.6 Å². The van der Waals surface area contributed by atoms with Crippen molar-refractivity contribution in [2.45, 2.75) is 38.7 Å². The van der Waals surface area contributed by atoms with Crippen LogP contribution < -0.4 is 0 Å². The quantitative estimate of drug-likeness (QED) is 0.576. The second-order valence-electron chi connectivity index (χ2n) is 7.97. The van der Waals surface area contributed by atoms with Crippen molar-refractivity contribution in [3.8, 4) is 0 Å². The third kappa shape index (κ3) is 3.49. The van der Waals surface area contributed by atoms with Gasteiger partial charge in [-0.1, -0.05) is 12.5 Å². The van der Waals surface area contributed by atoms with Gasteiger partial charge in [-0.05, 0) is 61.4 Å². The van der Waals surface area contributed by atoms with E-state index in [9.17, 15) is 19.7 Å². The van der Waals surface area contributed by atoms with E-state index in [1.165, 1.54) is 18.3 Å². The molecule has 0 spiro atoms. The number of nitrogens with zero attached hydrogens (tertiary/aromatic N) is 1. The van der Waals surface area contributed by atoms with E-state index in [1.807, 2.05) is 6.08 Å². The Labute approximate surface area is 158 Å². The molecule has 0 radical (unpaired) electrons. The number of benzene rings is 1. The van der Waals surface area contributed by atoms with Gasteiger partial charge in [0.15, 0.2) is 0 Å². The van der Waals surface area contributed by atoms with Crippen molar-refractivity contribution in [2.75, 3.05) is 13.2 Å². The second kappa shape index (κ2) is 7.62. The van der Waals surface area contributed by atoms with Crippen LogP contribution in [0.15, 0.2) is 40.9 Å². The molecule has 0 heterocycles. The van der Waals surface area contributed by atoms with Gasteiger partial charge in [0.05, 0.1) is 18.4 Å². The molecule has 27 heavy (non-hydrogen) atoms. The van der Waals surface area contributed by atoms with E-state index in [-0.39, 0.29) is 30.4 Å². The van der Waals surface area contributed by atoms with Gasteiger partial charge >= 0.3 is 0 Å². The van der Waals surface area contributed by atoms with Crippen LogP contribution in [0.25, 0.3) is 0 Å². The van der Waals surface area contributed by atoms with E-state index in [4.69, 9.17) is 5.41 Å². The molecule has 4 atom stereocenters. The lowest BCUT2D eigenvalue weighted by atomic mass is 9.57. The van der Waals surface area contributed by atoms with Crippen LogP contribution in [0.4, 0.5) is 10.1 Å². The number of hydrogen-bond acceptors (Lipinski definition) is 5. The van der Waals surface area contributed by atoms with Crippen molar-refractivity contribution >= 4 is 17.6 Å². The number of aliphatic hydroxyl groups excluding tert-OH is 3. The molecule has 2 aliphatic rings. The first-order valence-corrected chi connectivity index (χ1v) is 9.33. The summed E-state index contributed by atoms with van der Waals surface area (Å²) >= 11 is 0. The summed E-state index contributed by atoms with van der Waals surface area (Å²) in [4.78, 5) is 4.62. The van der Waals surface area contributed by atoms with Crippen LogP contribution in [0.2, 0.25) is 0 Å². The number of halogens is 1. The molecule has 0 saturated heterocycles. The van der Waals surface area contributed by atoms with Crippen molar-refractivity contribution in [3.63, 3.8) is 0 Å². The van der Waals surface area contributed by atoms with Gasteiger partial charge in [-0.15, -0.1) is 0 Å². The SMILES string of the molecule is CC12CC(C=N)C(=Nc3ccc(F)cc3)C=C1CCC2(CO)CC(O)CO. The first kappa shape index (κ1) is 19.9. The fourth-order valence-corrected chi connectivity index (χ4v) is 4.76. The van der Waals surface area contributed by atoms with Gasteiger partial charge < -0.3 is 20.7 Å². The maximum Gasteiger partial charge on any atom is 0.123 e. The van der Waals surface area contributed by atoms with Crippen LogP contribution in [0.3, 0.4) is 0 Å². The van der Waals surface area contributed by atoms with Crippen LogP contribution in [-0.2, 0) is 0 Å². The fourth-order valence-electron chi connectivity index (χ4n) is 4.76. The monoisotopic (exact) mass is 374 g/mol. The summed E-state index contributed by atoms with van der Waals surface area (Å²) in [5, 5.41) is 37.4. The second-order valence-corrected chi connectivity index (χ2v) is 7.97. The Bertz CT molecular complexity index is 761. The van der Waals surface area contributed by atoms with Gasteiger partial charge in [0.25, 0.3) is 0 Å². The predicted molar refractivity (Wildman–Crippen MR) is 103 cm³/mol. The summed E-state index contributed by atoms with van der Waals surface area (Å²) < 4.78 is 13.1. The van der Waals surface area contributed by atoms with Crippen LogP contribution >= 0.6 is 0 Å². The first-order chi connectivity index (χ1) is 12.9. The van der Waals surface area contributed by atoms with Gasteiger partial charge in [-0.2, -0.15) is 0 Å². The van der Waals surface area contributed by atoms with Crippen molar-refractivity contribution in [1.82, 2.24) is 0 Å². The van der Waals surface area contributed by atoms with Crippen LogP contribution in [0, 0.1) is 28.0 Å². The smallest absolute Gasteiger partial charge is 0.123 e. The molecule has 0 aliphatic heterocycles. The maximum atomic E-state index is 13.1. The third-order valence-electron chi connectivity index (χ3n) is 6.51. The zero-order chi connectivity index (χ0) is 19.7. The Hall–Kier alpha value is -1.89. The maximum absolute atomic E-state index is 13.1. The molecule has 2 aliphatic carbocycles. The van der Waals surface area contributed by atoms with Gasteiger partial charge in [0, 0.05) is 29.9 Å². The largest absolute Gasteiger partial charge is 0.396 e. The predicted octanol–water partition coefficient (Wildman–Crippen LogP) is 3.02.